The van der Waals surface area contributed by atoms with Crippen LogP contribution in [0.2, 0.25) is 0 Å². The number of hydrogen-bond donors (Lipinski definition) is 2. The van der Waals surface area contributed by atoms with Crippen molar-refractivity contribution in [3.8, 4) is 16.9 Å². The Balaban J connectivity index is 2.06. The second kappa shape index (κ2) is 5.23. The van der Waals surface area contributed by atoms with Crippen LogP contribution in [-0.2, 0) is 13.0 Å². The molecule has 0 unspecified atom stereocenters. The lowest BCUT2D eigenvalue weighted by molar-refractivity contribution is 0.0694. The normalized spacial score (nSPS) is 13.2. The fourth-order valence-corrected chi connectivity index (χ4v) is 3.49. The van der Waals surface area contributed by atoms with Gasteiger partial charge in [-0.25, -0.2) is 4.79 Å². The Kier molecular flexibility index (Phi) is 3.16. The number of rotatable bonds is 2. The number of phenolic OH excluding ortho intramolecular Hbond substituents is 1. The van der Waals surface area contributed by atoms with Crippen LogP contribution in [0.1, 0.15) is 22.3 Å². The zero-order chi connectivity index (χ0) is 16.8. The number of hydrogen-bond acceptors (Lipinski definition) is 3. The first-order valence-electron chi connectivity index (χ1n) is 7.78. The molecule has 1 aromatic heterocycles. The number of aryl methyl sites for hydroxylation is 2. The summed E-state index contributed by atoms with van der Waals surface area (Å²) in [5.74, 6) is -0.989. The zero-order valence-corrected chi connectivity index (χ0v) is 12.8. The number of carboxylic acid groups (broad SMARTS) is 1. The maximum absolute atomic E-state index is 12.5. The fraction of sp³-hybridized carbons (Fsp3) is 0.158. The summed E-state index contributed by atoms with van der Waals surface area (Å²) in [6.45, 7) is 0.698. The molecule has 0 bridgehead atoms. The summed E-state index contributed by atoms with van der Waals surface area (Å²) < 4.78 is 1.88. The highest BCUT2D eigenvalue weighted by Gasteiger charge is 2.21. The number of phenols is 1. The van der Waals surface area contributed by atoms with Crippen LogP contribution in [0.5, 0.6) is 5.75 Å². The van der Waals surface area contributed by atoms with Gasteiger partial charge in [-0.15, -0.1) is 0 Å². The topological polar surface area (TPSA) is 79.5 Å². The number of pyridine rings is 1. The molecule has 0 saturated carbocycles. The minimum absolute atomic E-state index is 0.187. The highest BCUT2D eigenvalue weighted by Crippen LogP contribution is 2.33. The van der Waals surface area contributed by atoms with Crippen molar-refractivity contribution < 1.29 is 15.0 Å². The molecule has 0 atom stereocenters. The van der Waals surface area contributed by atoms with Gasteiger partial charge < -0.3 is 14.8 Å². The van der Waals surface area contributed by atoms with E-state index in [2.05, 4.69) is 0 Å². The first-order valence-corrected chi connectivity index (χ1v) is 7.78. The first-order chi connectivity index (χ1) is 11.6. The van der Waals surface area contributed by atoms with Gasteiger partial charge in [0.1, 0.15) is 11.3 Å². The van der Waals surface area contributed by atoms with Gasteiger partial charge >= 0.3 is 5.97 Å². The van der Waals surface area contributed by atoms with Crippen LogP contribution < -0.4 is 5.43 Å². The third-order valence-corrected chi connectivity index (χ3v) is 4.58. The summed E-state index contributed by atoms with van der Waals surface area (Å²) in [4.78, 5) is 23.8. The summed E-state index contributed by atoms with van der Waals surface area (Å²) in [5, 5.41) is 19.2. The van der Waals surface area contributed by atoms with Crippen molar-refractivity contribution in [1.82, 2.24) is 4.57 Å². The lowest BCUT2D eigenvalue weighted by Crippen LogP contribution is -2.22. The molecule has 5 nitrogen and oxygen atoms in total. The number of carboxylic acids is 1. The van der Waals surface area contributed by atoms with E-state index in [0.717, 1.165) is 35.0 Å². The van der Waals surface area contributed by atoms with Crippen LogP contribution in [0.25, 0.3) is 22.0 Å². The molecule has 1 aliphatic rings. The van der Waals surface area contributed by atoms with Gasteiger partial charge in [-0.2, -0.15) is 0 Å². The van der Waals surface area contributed by atoms with Crippen molar-refractivity contribution >= 4 is 16.9 Å². The molecule has 0 spiro atoms. The van der Waals surface area contributed by atoms with E-state index in [-0.39, 0.29) is 11.3 Å². The van der Waals surface area contributed by atoms with Gasteiger partial charge in [0.15, 0.2) is 0 Å². The maximum Gasteiger partial charge on any atom is 0.341 e. The Morgan fingerprint density at radius 3 is 2.54 bits per heavy atom. The van der Waals surface area contributed by atoms with E-state index in [1.165, 1.54) is 6.20 Å². The van der Waals surface area contributed by atoms with Crippen molar-refractivity contribution in [3.05, 3.63) is 63.9 Å². The molecule has 2 N–H and O–H groups in total. The Hall–Kier alpha value is -3.08. The average molecular weight is 321 g/mol. The molecule has 2 aromatic carbocycles. The highest BCUT2D eigenvalue weighted by atomic mass is 16.4. The number of nitrogens with zero attached hydrogens (tertiary/aromatic N) is 1. The molecule has 0 radical (unpaired) electrons. The molecular formula is C19H15NO4. The quantitative estimate of drug-likeness (QED) is 0.760. The number of carbonyl (C=O) groups is 1. The Bertz CT molecular complexity index is 1030. The standard InChI is InChI=1S/C19H15NO4/c21-12-5-3-11(4-6-12)13-7-8-15-17-14(13)2-1-9-20(17)10-16(18(15)22)19(23)24/h3-8,10,21H,1-2,9H2,(H,23,24). The molecule has 0 aliphatic carbocycles. The summed E-state index contributed by atoms with van der Waals surface area (Å²) in [5.41, 5.74) is 3.23. The largest absolute Gasteiger partial charge is 0.508 e. The van der Waals surface area contributed by atoms with E-state index in [1.807, 2.05) is 22.8 Å². The average Bonchev–Trinajstić information content (AvgIpc) is 2.58. The van der Waals surface area contributed by atoms with E-state index in [1.54, 1.807) is 18.2 Å². The Morgan fingerprint density at radius 1 is 1.08 bits per heavy atom. The predicted molar refractivity (Wildman–Crippen MR) is 90.6 cm³/mol. The van der Waals surface area contributed by atoms with Crippen molar-refractivity contribution in [2.45, 2.75) is 19.4 Å². The fourth-order valence-electron chi connectivity index (χ4n) is 3.49. The van der Waals surface area contributed by atoms with Gasteiger partial charge in [-0.05, 0) is 47.7 Å². The number of aromatic hydroxyl groups is 1. The Morgan fingerprint density at radius 2 is 1.83 bits per heavy atom. The monoisotopic (exact) mass is 321 g/mol. The number of aromatic carboxylic acids is 1. The highest BCUT2D eigenvalue weighted by molar-refractivity contribution is 5.95. The van der Waals surface area contributed by atoms with E-state index < -0.39 is 11.4 Å². The predicted octanol–water partition coefficient (Wildman–Crippen LogP) is 3.02. The number of aromatic nitrogens is 1. The van der Waals surface area contributed by atoms with Gasteiger partial charge in [-0.1, -0.05) is 18.2 Å². The number of benzene rings is 2. The lowest BCUT2D eigenvalue weighted by atomic mass is 9.91. The molecule has 24 heavy (non-hydrogen) atoms. The van der Waals surface area contributed by atoms with Crippen molar-refractivity contribution in [1.29, 1.82) is 0 Å². The second-order valence-corrected chi connectivity index (χ2v) is 6.01. The molecule has 4 rings (SSSR count). The van der Waals surface area contributed by atoms with E-state index in [4.69, 9.17) is 0 Å². The molecule has 5 heteroatoms. The van der Waals surface area contributed by atoms with Crippen LogP contribution in [-0.4, -0.2) is 20.7 Å². The molecule has 1 aliphatic heterocycles. The summed E-state index contributed by atoms with van der Waals surface area (Å²) in [6.07, 6.45) is 3.18. The van der Waals surface area contributed by atoms with Gasteiger partial charge in [0.05, 0.1) is 5.52 Å². The van der Waals surface area contributed by atoms with Gasteiger partial charge in [0, 0.05) is 18.1 Å². The third kappa shape index (κ3) is 2.09. The summed E-state index contributed by atoms with van der Waals surface area (Å²) in [6, 6.07) is 10.5. The van der Waals surface area contributed by atoms with Gasteiger partial charge in [0.2, 0.25) is 5.43 Å². The molecule has 0 fully saturated rings. The van der Waals surface area contributed by atoms with Crippen LogP contribution in [0, 0.1) is 0 Å². The smallest absolute Gasteiger partial charge is 0.341 e. The zero-order valence-electron chi connectivity index (χ0n) is 12.8. The molecule has 0 saturated heterocycles. The second-order valence-electron chi connectivity index (χ2n) is 6.01. The van der Waals surface area contributed by atoms with Gasteiger partial charge in [-0.3, -0.25) is 4.79 Å². The maximum atomic E-state index is 12.5. The molecule has 2 heterocycles. The molecule has 120 valence electrons. The minimum Gasteiger partial charge on any atom is -0.508 e. The van der Waals surface area contributed by atoms with Crippen molar-refractivity contribution in [2.75, 3.05) is 0 Å². The van der Waals surface area contributed by atoms with E-state index in [0.29, 0.717) is 11.9 Å². The molecule has 0 amide bonds. The summed E-state index contributed by atoms with van der Waals surface area (Å²) >= 11 is 0. The van der Waals surface area contributed by atoms with Crippen molar-refractivity contribution in [2.24, 2.45) is 0 Å². The van der Waals surface area contributed by atoms with Crippen LogP contribution >= 0.6 is 0 Å². The van der Waals surface area contributed by atoms with Crippen LogP contribution in [0.3, 0.4) is 0 Å². The minimum atomic E-state index is -1.19. The molecule has 3 aromatic rings. The third-order valence-electron chi connectivity index (χ3n) is 4.58. The van der Waals surface area contributed by atoms with Crippen molar-refractivity contribution in [3.63, 3.8) is 0 Å². The molecular weight excluding hydrogens is 306 g/mol. The summed E-state index contributed by atoms with van der Waals surface area (Å²) in [7, 11) is 0. The SMILES string of the molecule is O=C(O)c1cn2c3c(c(-c4ccc(O)cc4)ccc3c1=O)CCC2. The first kappa shape index (κ1) is 14.5. The van der Waals surface area contributed by atoms with Gasteiger partial charge in [0.25, 0.3) is 0 Å². The van der Waals surface area contributed by atoms with E-state index in [9.17, 15) is 19.8 Å². The Labute approximate surface area is 137 Å². The lowest BCUT2D eigenvalue weighted by Gasteiger charge is -2.23. The van der Waals surface area contributed by atoms with Crippen LogP contribution in [0.15, 0.2) is 47.4 Å². The van der Waals surface area contributed by atoms with E-state index >= 15 is 0 Å². The van der Waals surface area contributed by atoms with Crippen LogP contribution in [0.4, 0.5) is 0 Å².